The van der Waals surface area contributed by atoms with E-state index in [0.717, 1.165) is 31.5 Å². The number of hydrogen-bond acceptors (Lipinski definition) is 4. The average molecular weight is 413 g/mol. The molecule has 8 heteroatoms. The Hall–Kier alpha value is -2.93. The number of H-pyrrole nitrogens is 1. The van der Waals surface area contributed by atoms with Crippen LogP contribution in [0, 0.1) is 0 Å². The monoisotopic (exact) mass is 412 g/mol. The highest BCUT2D eigenvalue weighted by molar-refractivity contribution is 6.30. The minimum absolute atomic E-state index is 0. The zero-order chi connectivity index (χ0) is 20.1. The van der Waals surface area contributed by atoms with Crippen LogP contribution in [0.25, 0.3) is 0 Å². The lowest BCUT2D eigenvalue weighted by molar-refractivity contribution is 0.153. The van der Waals surface area contributed by atoms with Crippen LogP contribution in [0.1, 0.15) is 32.1 Å². The van der Waals surface area contributed by atoms with Crippen molar-refractivity contribution in [2.75, 3.05) is 18.4 Å². The molecule has 2 amide bonds. The molecule has 1 unspecified atom stereocenters. The van der Waals surface area contributed by atoms with Crippen LogP contribution in [0.2, 0.25) is 5.02 Å². The van der Waals surface area contributed by atoms with Crippen LogP contribution in [-0.2, 0) is 11.8 Å². The predicted octanol–water partition coefficient (Wildman–Crippen LogP) is 4.30. The van der Waals surface area contributed by atoms with Gasteiger partial charge in [-0.15, -0.1) is 10.2 Å². The minimum atomic E-state index is -0.141. The Balaban J connectivity index is 0.00000256. The second-order valence-corrected chi connectivity index (χ2v) is 7.87. The maximum Gasteiger partial charge on any atom is 0.321 e. The molecule has 29 heavy (non-hydrogen) atoms. The fourth-order valence-electron chi connectivity index (χ4n) is 4.06. The summed E-state index contributed by atoms with van der Waals surface area (Å²) < 4.78 is 0. The number of urea groups is 1. The van der Waals surface area contributed by atoms with Gasteiger partial charge in [0.05, 0.1) is 0 Å². The Morgan fingerprint density at radius 2 is 2.00 bits per heavy atom. The van der Waals surface area contributed by atoms with Gasteiger partial charge in [-0.1, -0.05) is 47.1 Å². The number of amides is 2. The molecular weight excluding hydrogens is 388 g/mol. The molecule has 3 aromatic rings. The van der Waals surface area contributed by atoms with Gasteiger partial charge in [-0.3, -0.25) is 0 Å². The van der Waals surface area contributed by atoms with Crippen molar-refractivity contribution in [1.29, 1.82) is 0 Å². The summed E-state index contributed by atoms with van der Waals surface area (Å²) >= 11 is 5.94. The number of halogens is 1. The largest absolute Gasteiger partial charge is 0.324 e. The van der Waals surface area contributed by atoms with E-state index in [9.17, 15) is 4.79 Å². The van der Waals surface area contributed by atoms with Crippen molar-refractivity contribution in [2.45, 2.75) is 31.1 Å². The summed E-state index contributed by atoms with van der Waals surface area (Å²) in [6.45, 7) is 1.38. The number of tetrazole rings is 1. The van der Waals surface area contributed by atoms with Gasteiger partial charge in [-0.05, 0) is 49.1 Å². The van der Waals surface area contributed by atoms with Crippen molar-refractivity contribution >= 4 is 23.3 Å². The number of nitrogens with zero attached hydrogens (tertiary/aromatic N) is 4. The molecule has 0 radical (unpaired) electrons. The predicted molar refractivity (Wildman–Crippen MR) is 114 cm³/mol. The van der Waals surface area contributed by atoms with Crippen molar-refractivity contribution in [3.63, 3.8) is 0 Å². The smallest absolute Gasteiger partial charge is 0.321 e. The van der Waals surface area contributed by atoms with Crippen LogP contribution in [0.3, 0.4) is 0 Å². The third-order valence-electron chi connectivity index (χ3n) is 5.56. The van der Waals surface area contributed by atoms with E-state index in [2.05, 4.69) is 50.2 Å². The van der Waals surface area contributed by atoms with Gasteiger partial charge in [0.2, 0.25) is 0 Å². The third kappa shape index (κ3) is 4.56. The maximum atomic E-state index is 12.9. The summed E-state index contributed by atoms with van der Waals surface area (Å²) in [6, 6.07) is 17.5. The minimum Gasteiger partial charge on any atom is -0.324 e. The first-order chi connectivity index (χ1) is 14.1. The van der Waals surface area contributed by atoms with E-state index in [4.69, 9.17) is 11.6 Å². The first-order valence-electron chi connectivity index (χ1n) is 9.74. The molecule has 1 saturated heterocycles. The highest BCUT2D eigenvalue weighted by Gasteiger charge is 2.38. The number of nitrogens with one attached hydrogen (secondary N) is 2. The number of carbonyl (C=O) groups excluding carboxylic acids is 1. The average Bonchev–Trinajstić information content (AvgIpc) is 3.28. The summed E-state index contributed by atoms with van der Waals surface area (Å²) in [5.41, 5.74) is 1.84. The SMILES string of the molecule is O=C(Nc1ccc(Cl)cc1)N1CCCC(CCc2nn[nH]n2)(c2ccccc2)C1.[HH]. The van der Waals surface area contributed by atoms with Crippen LogP contribution >= 0.6 is 11.6 Å². The van der Waals surface area contributed by atoms with Crippen LogP contribution in [0.15, 0.2) is 54.6 Å². The maximum absolute atomic E-state index is 12.9. The van der Waals surface area contributed by atoms with Crippen LogP contribution in [0.4, 0.5) is 10.5 Å². The number of rotatable bonds is 5. The fourth-order valence-corrected chi connectivity index (χ4v) is 4.18. The Labute approximate surface area is 175 Å². The highest BCUT2D eigenvalue weighted by atomic mass is 35.5. The number of benzene rings is 2. The Kier molecular flexibility index (Phi) is 5.76. The molecule has 0 bridgehead atoms. The summed E-state index contributed by atoms with van der Waals surface area (Å²) in [6.07, 6.45) is 3.51. The lowest BCUT2D eigenvalue weighted by atomic mass is 9.71. The molecule has 0 spiro atoms. The van der Waals surface area contributed by atoms with Gasteiger partial charge in [0, 0.05) is 37.1 Å². The van der Waals surface area contributed by atoms with E-state index < -0.39 is 0 Å². The number of aryl methyl sites for hydroxylation is 1. The molecule has 2 N–H and O–H groups in total. The van der Waals surface area contributed by atoms with Crippen LogP contribution < -0.4 is 5.32 Å². The van der Waals surface area contributed by atoms with Crippen molar-refractivity contribution in [3.8, 4) is 0 Å². The summed E-state index contributed by atoms with van der Waals surface area (Å²) in [5.74, 6) is 0.697. The van der Waals surface area contributed by atoms with Crippen molar-refractivity contribution in [2.24, 2.45) is 0 Å². The number of aromatic nitrogens is 4. The Morgan fingerprint density at radius 1 is 1.21 bits per heavy atom. The standard InChI is InChI=1S/C21H23ClN6O.H2/c22-17-7-9-18(10-8-17)23-20(29)28-14-4-12-21(15-28,16-5-2-1-3-6-16)13-11-19-24-26-27-25-19;/h1-3,5-10H,4,11-15H2,(H,23,29)(H,24,25,26,27);1H. The fraction of sp³-hybridized carbons (Fsp3) is 0.333. The van der Waals surface area contributed by atoms with E-state index in [0.29, 0.717) is 23.8 Å². The van der Waals surface area contributed by atoms with Gasteiger partial charge in [-0.2, -0.15) is 5.21 Å². The second kappa shape index (κ2) is 8.61. The van der Waals surface area contributed by atoms with Crippen molar-refractivity contribution < 1.29 is 6.22 Å². The lowest BCUT2D eigenvalue weighted by Gasteiger charge is -2.43. The molecule has 2 aromatic carbocycles. The molecule has 1 fully saturated rings. The van der Waals surface area contributed by atoms with Gasteiger partial charge < -0.3 is 10.2 Å². The quantitative estimate of drug-likeness (QED) is 0.654. The van der Waals surface area contributed by atoms with Gasteiger partial charge >= 0.3 is 6.03 Å². The molecule has 4 rings (SSSR count). The van der Waals surface area contributed by atoms with E-state index in [-0.39, 0.29) is 12.9 Å². The van der Waals surface area contributed by atoms with Gasteiger partial charge in [0.25, 0.3) is 0 Å². The molecule has 2 heterocycles. The lowest BCUT2D eigenvalue weighted by Crippen LogP contribution is -2.50. The third-order valence-corrected chi connectivity index (χ3v) is 5.81. The van der Waals surface area contributed by atoms with E-state index in [1.807, 2.05) is 23.1 Å². The first-order valence-corrected chi connectivity index (χ1v) is 10.1. The molecule has 1 aliphatic rings. The molecule has 7 nitrogen and oxygen atoms in total. The van der Waals surface area contributed by atoms with Gasteiger partial charge in [0.15, 0.2) is 5.82 Å². The van der Waals surface area contributed by atoms with E-state index in [1.165, 1.54) is 5.56 Å². The molecule has 1 aliphatic heterocycles. The molecule has 0 saturated carbocycles. The highest BCUT2D eigenvalue weighted by Crippen LogP contribution is 2.38. The Morgan fingerprint density at radius 3 is 2.72 bits per heavy atom. The summed E-state index contributed by atoms with van der Waals surface area (Å²) in [7, 11) is 0. The van der Waals surface area contributed by atoms with Crippen LogP contribution in [-0.4, -0.2) is 44.6 Å². The topological polar surface area (TPSA) is 86.8 Å². The summed E-state index contributed by atoms with van der Waals surface area (Å²) in [4.78, 5) is 14.9. The molecule has 1 aromatic heterocycles. The van der Waals surface area contributed by atoms with E-state index >= 15 is 0 Å². The Bertz CT molecular complexity index is 938. The second-order valence-electron chi connectivity index (χ2n) is 7.44. The zero-order valence-electron chi connectivity index (χ0n) is 16.0. The molecule has 152 valence electrons. The van der Waals surface area contributed by atoms with E-state index in [1.54, 1.807) is 12.1 Å². The first kappa shape index (κ1) is 19.4. The van der Waals surface area contributed by atoms with Gasteiger partial charge in [-0.25, -0.2) is 4.79 Å². The van der Waals surface area contributed by atoms with Gasteiger partial charge in [0.1, 0.15) is 0 Å². The number of aromatic amines is 1. The zero-order valence-corrected chi connectivity index (χ0v) is 16.8. The number of carbonyl (C=O) groups is 1. The number of likely N-dealkylation sites (tertiary alicyclic amines) is 1. The van der Waals surface area contributed by atoms with Crippen molar-refractivity contribution in [3.05, 3.63) is 71.0 Å². The molecule has 0 aliphatic carbocycles. The van der Waals surface area contributed by atoms with Crippen molar-refractivity contribution in [1.82, 2.24) is 25.5 Å². The summed E-state index contributed by atoms with van der Waals surface area (Å²) in [5, 5.41) is 18.0. The normalized spacial score (nSPS) is 19.1. The van der Waals surface area contributed by atoms with Crippen LogP contribution in [0.5, 0.6) is 0 Å². The molecular formula is C21H25ClN6O. The molecule has 1 atom stereocenters. The number of hydrogen-bond donors (Lipinski definition) is 2. The number of anilines is 1. The number of piperidine rings is 1.